The summed E-state index contributed by atoms with van der Waals surface area (Å²) in [7, 11) is 0. The van der Waals surface area contributed by atoms with Crippen molar-refractivity contribution in [2.45, 2.75) is 26.7 Å². The second kappa shape index (κ2) is 8.25. The summed E-state index contributed by atoms with van der Waals surface area (Å²) < 4.78 is 0. The molecule has 118 valence electrons. The summed E-state index contributed by atoms with van der Waals surface area (Å²) in [5.41, 5.74) is 2.19. The van der Waals surface area contributed by atoms with E-state index < -0.39 is 0 Å². The molecule has 1 aliphatic rings. The van der Waals surface area contributed by atoms with Crippen molar-refractivity contribution in [3.05, 3.63) is 52.0 Å². The Kier molecular flexibility index (Phi) is 6.07. The van der Waals surface area contributed by atoms with Crippen LogP contribution in [0.2, 0.25) is 0 Å². The lowest BCUT2D eigenvalue weighted by Gasteiger charge is -2.29. The monoisotopic (exact) mass is 325 g/mol. The Balaban J connectivity index is 0.000000924. The summed E-state index contributed by atoms with van der Waals surface area (Å²) in [6, 6.07) is 9.87. The highest BCUT2D eigenvalue weighted by Gasteiger charge is 2.24. The number of hydrogen-bond acceptors (Lipinski definition) is 4. The normalized spacial score (nSPS) is 13.4. The molecule has 0 aliphatic carbocycles. The molecule has 1 aliphatic heterocycles. The number of benzene rings is 1. The van der Waals surface area contributed by atoms with E-state index in [4.69, 9.17) is 0 Å². The molecule has 3 rings (SSSR count). The predicted octanol–water partition coefficient (Wildman–Crippen LogP) is 4.06. The summed E-state index contributed by atoms with van der Waals surface area (Å²) >= 11 is 1.41. The molecule has 0 bridgehead atoms. The number of carbonyl (C=O) groups is 1. The largest absolute Gasteiger partial charge is 0.307 e. The topological polar surface area (TPSA) is 57.0 Å². The maximum atomic E-state index is 12.6. The molecule has 1 aromatic heterocycles. The Morgan fingerprint density at radius 1 is 1.39 bits per heavy atom. The minimum Gasteiger partial charge on any atom is -0.307 e. The van der Waals surface area contributed by atoms with Gasteiger partial charge < -0.3 is 4.90 Å². The van der Waals surface area contributed by atoms with Gasteiger partial charge in [0, 0.05) is 23.8 Å². The second-order valence-electron chi connectivity index (χ2n) is 4.73. The summed E-state index contributed by atoms with van der Waals surface area (Å²) in [6.07, 6.45) is 5.10. The lowest BCUT2D eigenvalue weighted by atomic mass is 10.0. The number of carbonyl (C=O) groups excluding carboxylic acids is 1. The summed E-state index contributed by atoms with van der Waals surface area (Å²) in [4.78, 5) is 18.4. The van der Waals surface area contributed by atoms with E-state index in [9.17, 15) is 10.1 Å². The number of hydrogen-bond donors (Lipinski definition) is 0. The van der Waals surface area contributed by atoms with Gasteiger partial charge in [-0.25, -0.2) is 4.98 Å². The van der Waals surface area contributed by atoms with Gasteiger partial charge in [-0.1, -0.05) is 32.0 Å². The Morgan fingerprint density at radius 2 is 2.17 bits per heavy atom. The Hall–Kier alpha value is -2.45. The standard InChI is InChI=1S/C16H13N3OS.C2H6/c17-11-13(10-15-18-7-9-21-15)16(20)19-8-3-5-12-4-1-2-6-14(12)19;1-2/h1-2,4,6-7,9-10H,3,5,8H2;1-2H3/b13-10+;. The van der Waals surface area contributed by atoms with Crippen molar-refractivity contribution < 1.29 is 4.79 Å². The average molecular weight is 325 g/mol. The molecule has 0 saturated heterocycles. The van der Waals surface area contributed by atoms with Crippen LogP contribution in [0.5, 0.6) is 0 Å². The predicted molar refractivity (Wildman–Crippen MR) is 94.2 cm³/mol. The lowest BCUT2D eigenvalue weighted by molar-refractivity contribution is -0.114. The quantitative estimate of drug-likeness (QED) is 0.618. The van der Waals surface area contributed by atoms with E-state index in [1.54, 1.807) is 17.2 Å². The van der Waals surface area contributed by atoms with Gasteiger partial charge in [-0.15, -0.1) is 11.3 Å². The number of nitriles is 1. The fourth-order valence-corrected chi connectivity index (χ4v) is 3.03. The number of amides is 1. The van der Waals surface area contributed by atoms with Gasteiger partial charge in [-0.2, -0.15) is 5.26 Å². The third kappa shape index (κ3) is 3.85. The smallest absolute Gasteiger partial charge is 0.269 e. The van der Waals surface area contributed by atoms with Crippen LogP contribution in [-0.4, -0.2) is 17.4 Å². The SMILES string of the molecule is CC.N#C/C(=C\c1nccs1)C(=O)N1CCCc2ccccc21. The number of anilines is 1. The fourth-order valence-electron chi connectivity index (χ4n) is 2.46. The van der Waals surface area contributed by atoms with Crippen LogP contribution >= 0.6 is 11.3 Å². The highest BCUT2D eigenvalue weighted by atomic mass is 32.1. The molecular weight excluding hydrogens is 306 g/mol. The molecule has 0 saturated carbocycles. The lowest BCUT2D eigenvalue weighted by Crippen LogP contribution is -2.36. The van der Waals surface area contributed by atoms with Gasteiger partial charge in [0.2, 0.25) is 0 Å². The molecule has 1 aromatic carbocycles. The molecule has 1 amide bonds. The highest BCUT2D eigenvalue weighted by molar-refractivity contribution is 7.10. The van der Waals surface area contributed by atoms with Crippen LogP contribution in [0.25, 0.3) is 6.08 Å². The molecule has 2 aromatic rings. The molecule has 0 N–H and O–H groups in total. The zero-order chi connectivity index (χ0) is 16.7. The molecule has 0 spiro atoms. The van der Waals surface area contributed by atoms with E-state index in [0.29, 0.717) is 11.6 Å². The first-order valence-electron chi connectivity index (χ1n) is 7.70. The molecule has 4 nitrogen and oxygen atoms in total. The van der Waals surface area contributed by atoms with Crippen LogP contribution in [0.3, 0.4) is 0 Å². The fraction of sp³-hybridized carbons (Fsp3) is 0.278. The number of fused-ring (bicyclic) bond motifs is 1. The third-order valence-electron chi connectivity index (χ3n) is 3.43. The average Bonchev–Trinajstić information content (AvgIpc) is 3.13. The molecular formula is C18H19N3OS. The number of nitrogens with zero attached hydrogens (tertiary/aromatic N) is 3. The van der Waals surface area contributed by atoms with Gasteiger partial charge in [-0.05, 0) is 30.5 Å². The van der Waals surface area contributed by atoms with Crippen molar-refractivity contribution in [3.63, 3.8) is 0 Å². The Bertz CT molecular complexity index is 729. The van der Waals surface area contributed by atoms with Crippen molar-refractivity contribution >= 4 is 29.0 Å². The van der Waals surface area contributed by atoms with Crippen LogP contribution in [0.1, 0.15) is 30.8 Å². The summed E-state index contributed by atoms with van der Waals surface area (Å²) in [5.74, 6) is -0.250. The van der Waals surface area contributed by atoms with Gasteiger partial charge >= 0.3 is 0 Å². The molecule has 0 radical (unpaired) electrons. The highest BCUT2D eigenvalue weighted by Crippen LogP contribution is 2.28. The maximum absolute atomic E-state index is 12.6. The van der Waals surface area contributed by atoms with E-state index in [-0.39, 0.29) is 11.5 Å². The minimum absolute atomic E-state index is 0.127. The van der Waals surface area contributed by atoms with Crippen molar-refractivity contribution in [2.24, 2.45) is 0 Å². The first-order chi connectivity index (χ1) is 11.3. The van der Waals surface area contributed by atoms with E-state index in [0.717, 1.165) is 24.1 Å². The summed E-state index contributed by atoms with van der Waals surface area (Å²) in [5, 5.41) is 11.8. The van der Waals surface area contributed by atoms with Gasteiger partial charge in [0.25, 0.3) is 5.91 Å². The second-order valence-corrected chi connectivity index (χ2v) is 5.66. The number of rotatable bonds is 2. The third-order valence-corrected chi connectivity index (χ3v) is 4.15. The van der Waals surface area contributed by atoms with Gasteiger partial charge in [0.05, 0.1) is 0 Å². The van der Waals surface area contributed by atoms with E-state index >= 15 is 0 Å². The number of aromatic nitrogens is 1. The minimum atomic E-state index is -0.250. The van der Waals surface area contributed by atoms with Crippen molar-refractivity contribution in [1.82, 2.24) is 4.98 Å². The summed E-state index contributed by atoms with van der Waals surface area (Å²) in [6.45, 7) is 4.65. The van der Waals surface area contributed by atoms with Gasteiger partial charge in [0.15, 0.2) is 0 Å². The van der Waals surface area contributed by atoms with Crippen LogP contribution in [0, 0.1) is 11.3 Å². The molecule has 0 unspecified atom stereocenters. The van der Waals surface area contributed by atoms with Crippen LogP contribution < -0.4 is 4.90 Å². The maximum Gasteiger partial charge on any atom is 0.269 e. The molecule has 2 heterocycles. The van der Waals surface area contributed by atoms with E-state index in [1.807, 2.05) is 49.6 Å². The molecule has 0 atom stereocenters. The van der Waals surface area contributed by atoms with Crippen LogP contribution in [0.15, 0.2) is 41.4 Å². The molecule has 0 fully saturated rings. The van der Waals surface area contributed by atoms with Gasteiger partial charge in [0.1, 0.15) is 16.6 Å². The molecule has 5 heteroatoms. The zero-order valence-electron chi connectivity index (χ0n) is 13.3. The first kappa shape index (κ1) is 16.9. The van der Waals surface area contributed by atoms with Crippen LogP contribution in [0.4, 0.5) is 5.69 Å². The Morgan fingerprint density at radius 3 is 2.87 bits per heavy atom. The van der Waals surface area contributed by atoms with Crippen molar-refractivity contribution in [3.8, 4) is 6.07 Å². The van der Waals surface area contributed by atoms with Crippen molar-refractivity contribution in [1.29, 1.82) is 5.26 Å². The van der Waals surface area contributed by atoms with E-state index in [1.165, 1.54) is 11.3 Å². The number of para-hydroxylation sites is 1. The first-order valence-corrected chi connectivity index (χ1v) is 8.58. The number of thiazole rings is 1. The Labute approximate surface area is 140 Å². The van der Waals surface area contributed by atoms with Crippen LogP contribution in [-0.2, 0) is 11.2 Å². The number of aryl methyl sites for hydroxylation is 1. The van der Waals surface area contributed by atoms with Gasteiger partial charge in [-0.3, -0.25) is 4.79 Å². The van der Waals surface area contributed by atoms with Crippen molar-refractivity contribution in [2.75, 3.05) is 11.4 Å². The zero-order valence-corrected chi connectivity index (χ0v) is 14.1. The molecule has 23 heavy (non-hydrogen) atoms. The van der Waals surface area contributed by atoms with E-state index in [2.05, 4.69) is 4.98 Å².